The molecular weight excluding hydrogens is 378 g/mol. The summed E-state index contributed by atoms with van der Waals surface area (Å²) < 4.78 is 12.8. The number of halogens is 1. The van der Waals surface area contributed by atoms with E-state index in [0.717, 1.165) is 22.4 Å². The third-order valence-corrected chi connectivity index (χ3v) is 5.51. The zero-order chi connectivity index (χ0) is 19.8. The predicted octanol–water partition coefficient (Wildman–Crippen LogP) is 4.33. The minimum absolute atomic E-state index is 0.0798. The van der Waals surface area contributed by atoms with Gasteiger partial charge in [-0.1, -0.05) is 29.8 Å². The van der Waals surface area contributed by atoms with Crippen molar-refractivity contribution in [2.24, 2.45) is 0 Å². The van der Waals surface area contributed by atoms with Crippen LogP contribution >= 0.6 is 11.6 Å². The second-order valence-electron chi connectivity index (χ2n) is 6.63. The number of carbonyl (C=O) groups excluding carboxylic acids is 1. The number of amides is 1. The molecule has 0 unspecified atom stereocenters. The van der Waals surface area contributed by atoms with Crippen molar-refractivity contribution >= 4 is 23.3 Å². The van der Waals surface area contributed by atoms with Gasteiger partial charge in [0.2, 0.25) is 5.91 Å². The molecule has 1 atom stereocenters. The molecule has 6 nitrogen and oxygen atoms in total. The van der Waals surface area contributed by atoms with Crippen LogP contribution in [0.25, 0.3) is 5.69 Å². The minimum Gasteiger partial charge on any atom is -0.493 e. The first kappa shape index (κ1) is 18.4. The van der Waals surface area contributed by atoms with E-state index in [1.54, 1.807) is 25.1 Å². The molecule has 4 rings (SSSR count). The van der Waals surface area contributed by atoms with Gasteiger partial charge in [-0.2, -0.15) is 5.10 Å². The lowest BCUT2D eigenvalue weighted by Gasteiger charge is -2.26. The third-order valence-electron chi connectivity index (χ3n) is 5.10. The molecule has 1 aliphatic heterocycles. The van der Waals surface area contributed by atoms with Crippen molar-refractivity contribution in [3.05, 3.63) is 64.3 Å². The van der Waals surface area contributed by atoms with Gasteiger partial charge in [0.05, 0.1) is 26.1 Å². The second-order valence-corrected chi connectivity index (χ2v) is 7.04. The zero-order valence-corrected chi connectivity index (χ0v) is 16.6. The quantitative estimate of drug-likeness (QED) is 0.711. The van der Waals surface area contributed by atoms with Crippen LogP contribution in [0.5, 0.6) is 11.5 Å². The SMILES string of the molecule is COc1cccc([C@H]2CC(=O)Nc3c2cnn3-c2cccc(Cl)c2C)c1OC. The zero-order valence-electron chi connectivity index (χ0n) is 15.8. The van der Waals surface area contributed by atoms with E-state index in [0.29, 0.717) is 28.8 Å². The van der Waals surface area contributed by atoms with E-state index < -0.39 is 0 Å². The first-order chi connectivity index (χ1) is 13.5. The fraction of sp³-hybridized carbons (Fsp3) is 0.238. The molecule has 0 fully saturated rings. The second kappa shape index (κ2) is 7.20. The van der Waals surface area contributed by atoms with Crippen LogP contribution in [0.15, 0.2) is 42.6 Å². The molecule has 0 aliphatic carbocycles. The number of nitrogens with zero attached hydrogens (tertiary/aromatic N) is 2. The van der Waals surface area contributed by atoms with Gasteiger partial charge in [0.15, 0.2) is 11.5 Å². The van der Waals surface area contributed by atoms with Gasteiger partial charge in [0.25, 0.3) is 0 Å². The van der Waals surface area contributed by atoms with Gasteiger partial charge >= 0.3 is 0 Å². The average molecular weight is 398 g/mol. The fourth-order valence-corrected chi connectivity index (χ4v) is 3.86. The molecule has 1 amide bonds. The summed E-state index contributed by atoms with van der Waals surface area (Å²) in [6.45, 7) is 1.93. The van der Waals surface area contributed by atoms with Crippen molar-refractivity contribution in [1.82, 2.24) is 9.78 Å². The molecule has 2 aromatic carbocycles. The Morgan fingerprint density at radius 2 is 1.93 bits per heavy atom. The lowest BCUT2D eigenvalue weighted by molar-refractivity contribution is -0.116. The smallest absolute Gasteiger partial charge is 0.226 e. The van der Waals surface area contributed by atoms with Crippen LogP contribution in [0, 0.1) is 6.92 Å². The molecule has 0 bridgehead atoms. The molecule has 1 N–H and O–H groups in total. The number of hydrogen-bond donors (Lipinski definition) is 1. The summed E-state index contributed by atoms with van der Waals surface area (Å²) in [5.41, 5.74) is 3.53. The maximum atomic E-state index is 12.5. The van der Waals surface area contributed by atoms with E-state index >= 15 is 0 Å². The number of fused-ring (bicyclic) bond motifs is 1. The summed E-state index contributed by atoms with van der Waals surface area (Å²) in [6, 6.07) is 11.3. The van der Waals surface area contributed by atoms with Gasteiger partial charge in [-0.3, -0.25) is 4.79 Å². The number of anilines is 1. The van der Waals surface area contributed by atoms with Crippen molar-refractivity contribution < 1.29 is 14.3 Å². The highest BCUT2D eigenvalue weighted by Crippen LogP contribution is 2.44. The van der Waals surface area contributed by atoms with Crippen molar-refractivity contribution in [3.63, 3.8) is 0 Å². The molecule has 0 radical (unpaired) electrons. The lowest BCUT2D eigenvalue weighted by atomic mass is 9.86. The summed E-state index contributed by atoms with van der Waals surface area (Å²) in [5.74, 6) is 1.63. The summed E-state index contributed by atoms with van der Waals surface area (Å²) in [6.07, 6.45) is 2.09. The third kappa shape index (κ3) is 2.90. The van der Waals surface area contributed by atoms with E-state index in [1.165, 1.54) is 0 Å². The van der Waals surface area contributed by atoms with E-state index in [1.807, 2.05) is 43.3 Å². The van der Waals surface area contributed by atoms with E-state index in [-0.39, 0.29) is 11.8 Å². The van der Waals surface area contributed by atoms with Crippen molar-refractivity contribution in [1.29, 1.82) is 0 Å². The Balaban J connectivity index is 1.88. The minimum atomic E-state index is -0.193. The van der Waals surface area contributed by atoms with Gasteiger partial charge in [-0.05, 0) is 30.7 Å². The summed E-state index contributed by atoms with van der Waals surface area (Å²) in [4.78, 5) is 12.5. The number of hydrogen-bond acceptors (Lipinski definition) is 4. The number of aromatic nitrogens is 2. The number of para-hydroxylation sites is 1. The van der Waals surface area contributed by atoms with Gasteiger partial charge in [0.1, 0.15) is 5.82 Å². The monoisotopic (exact) mass is 397 g/mol. The van der Waals surface area contributed by atoms with Crippen LogP contribution in [0.3, 0.4) is 0 Å². The molecular formula is C21H20ClN3O3. The largest absolute Gasteiger partial charge is 0.493 e. The summed E-state index contributed by atoms with van der Waals surface area (Å²) >= 11 is 6.28. The van der Waals surface area contributed by atoms with Gasteiger partial charge in [0, 0.05) is 28.5 Å². The normalized spacial score (nSPS) is 15.7. The lowest BCUT2D eigenvalue weighted by Crippen LogP contribution is -2.25. The van der Waals surface area contributed by atoms with Crippen LogP contribution in [0.2, 0.25) is 5.02 Å². The Morgan fingerprint density at radius 3 is 2.68 bits per heavy atom. The van der Waals surface area contributed by atoms with E-state index in [2.05, 4.69) is 10.4 Å². The molecule has 0 saturated heterocycles. The first-order valence-electron chi connectivity index (χ1n) is 8.89. The van der Waals surface area contributed by atoms with Crippen LogP contribution < -0.4 is 14.8 Å². The highest BCUT2D eigenvalue weighted by Gasteiger charge is 2.33. The molecule has 1 aromatic heterocycles. The topological polar surface area (TPSA) is 65.4 Å². The fourth-order valence-electron chi connectivity index (χ4n) is 3.69. The number of carbonyl (C=O) groups is 1. The van der Waals surface area contributed by atoms with Crippen LogP contribution in [-0.2, 0) is 4.79 Å². The van der Waals surface area contributed by atoms with E-state index in [9.17, 15) is 4.79 Å². The number of rotatable bonds is 4. The summed E-state index contributed by atoms with van der Waals surface area (Å²) in [5, 5.41) is 8.16. The Hall–Kier alpha value is -2.99. The van der Waals surface area contributed by atoms with Gasteiger partial charge < -0.3 is 14.8 Å². The molecule has 1 aliphatic rings. The molecule has 2 heterocycles. The standard InChI is InChI=1S/C21H20ClN3O3/c1-12-16(22)7-5-8-17(12)25-21-15(11-23-25)14(10-19(26)24-21)13-6-4-9-18(27-2)20(13)28-3/h4-9,11,14H,10H2,1-3H3,(H,24,26)/t14-/m1/s1. The highest BCUT2D eigenvalue weighted by molar-refractivity contribution is 6.31. The number of nitrogens with one attached hydrogen (secondary N) is 1. The molecule has 7 heteroatoms. The Kier molecular flexibility index (Phi) is 4.73. The number of benzene rings is 2. The Bertz CT molecular complexity index is 1060. The van der Waals surface area contributed by atoms with Crippen molar-refractivity contribution in [2.75, 3.05) is 19.5 Å². The maximum Gasteiger partial charge on any atom is 0.226 e. The Morgan fingerprint density at radius 1 is 1.14 bits per heavy atom. The highest BCUT2D eigenvalue weighted by atomic mass is 35.5. The average Bonchev–Trinajstić information content (AvgIpc) is 3.12. The number of ether oxygens (including phenoxy) is 2. The Labute approximate surface area is 168 Å². The molecule has 0 saturated carbocycles. The van der Waals surface area contributed by atoms with Crippen LogP contribution in [0.1, 0.15) is 29.0 Å². The first-order valence-corrected chi connectivity index (χ1v) is 9.27. The van der Waals surface area contributed by atoms with Gasteiger partial charge in [-0.25, -0.2) is 4.68 Å². The van der Waals surface area contributed by atoms with Crippen LogP contribution in [-0.4, -0.2) is 29.9 Å². The molecule has 0 spiro atoms. The van der Waals surface area contributed by atoms with Crippen molar-refractivity contribution in [3.8, 4) is 17.2 Å². The molecule has 3 aromatic rings. The van der Waals surface area contributed by atoms with E-state index in [4.69, 9.17) is 21.1 Å². The number of methoxy groups -OCH3 is 2. The molecule has 28 heavy (non-hydrogen) atoms. The maximum absolute atomic E-state index is 12.5. The summed E-state index contributed by atoms with van der Waals surface area (Å²) in [7, 11) is 3.20. The van der Waals surface area contributed by atoms with Crippen LogP contribution in [0.4, 0.5) is 5.82 Å². The molecule has 144 valence electrons. The van der Waals surface area contributed by atoms with Gasteiger partial charge in [-0.15, -0.1) is 0 Å². The van der Waals surface area contributed by atoms with Crippen molar-refractivity contribution in [2.45, 2.75) is 19.3 Å². The predicted molar refractivity (Wildman–Crippen MR) is 108 cm³/mol.